The summed E-state index contributed by atoms with van der Waals surface area (Å²) >= 11 is 0. The highest BCUT2D eigenvalue weighted by atomic mass is 28.3. The normalized spacial score (nSPS) is 10.4. The Balaban J connectivity index is 2.85. The van der Waals surface area contributed by atoms with E-state index in [0.29, 0.717) is 6.61 Å². The second-order valence-electron chi connectivity index (χ2n) is 4.46. The number of ether oxygens (including phenoxy) is 1. The molecule has 15 heavy (non-hydrogen) atoms. The van der Waals surface area contributed by atoms with Crippen molar-refractivity contribution in [1.29, 1.82) is 0 Å². The molecule has 0 aliphatic rings. The topological polar surface area (TPSA) is 9.23 Å². The second-order valence-corrected chi connectivity index (χ2v) is 9.21. The molecule has 1 aromatic carbocycles. The maximum atomic E-state index is 5.42. The predicted octanol–water partition coefficient (Wildman–Crippen LogP) is 3.31. The van der Waals surface area contributed by atoms with E-state index >= 15 is 0 Å². The Morgan fingerprint density at radius 3 is 2.60 bits per heavy atom. The van der Waals surface area contributed by atoms with E-state index in [1.54, 1.807) is 0 Å². The Morgan fingerprint density at radius 1 is 1.27 bits per heavy atom. The smallest absolute Gasteiger partial charge is 0.129 e. The van der Waals surface area contributed by atoms with Gasteiger partial charge in [0.2, 0.25) is 0 Å². The summed E-state index contributed by atoms with van der Waals surface area (Å²) in [5.41, 5.74) is 4.39. The van der Waals surface area contributed by atoms with Crippen LogP contribution in [-0.4, -0.2) is 14.7 Å². The fourth-order valence-corrected chi connectivity index (χ4v) is 1.61. The molecule has 0 unspecified atom stereocenters. The first-order chi connectivity index (χ1) is 7.01. The molecule has 0 aliphatic carbocycles. The Bertz CT molecular complexity index is 380. The van der Waals surface area contributed by atoms with E-state index in [2.05, 4.69) is 31.1 Å². The summed E-state index contributed by atoms with van der Waals surface area (Å²) in [5.74, 6) is 4.12. The molecule has 1 aromatic rings. The summed E-state index contributed by atoms with van der Waals surface area (Å²) in [7, 11) is -1.28. The maximum absolute atomic E-state index is 5.42. The van der Waals surface area contributed by atoms with E-state index in [4.69, 9.17) is 4.74 Å². The molecule has 0 aromatic heterocycles. The van der Waals surface area contributed by atoms with E-state index in [1.807, 2.05) is 31.2 Å². The van der Waals surface area contributed by atoms with E-state index in [-0.39, 0.29) is 0 Å². The van der Waals surface area contributed by atoms with Crippen molar-refractivity contribution in [3.05, 3.63) is 29.8 Å². The zero-order chi connectivity index (χ0) is 11.3. The zero-order valence-electron chi connectivity index (χ0n) is 9.92. The van der Waals surface area contributed by atoms with Gasteiger partial charge in [0, 0.05) is 5.56 Å². The lowest BCUT2D eigenvalue weighted by Gasteiger charge is -2.04. The lowest BCUT2D eigenvalue weighted by atomic mass is 10.2. The lowest BCUT2D eigenvalue weighted by Crippen LogP contribution is -2.16. The number of rotatable bonds is 2. The van der Waals surface area contributed by atoms with Gasteiger partial charge < -0.3 is 4.74 Å². The van der Waals surface area contributed by atoms with E-state index < -0.39 is 8.07 Å². The average Bonchev–Trinajstić information content (AvgIpc) is 2.15. The Kier molecular flexibility index (Phi) is 3.99. The Labute approximate surface area is 93.5 Å². The summed E-state index contributed by atoms with van der Waals surface area (Å²) in [6.07, 6.45) is 0. The first-order valence-electron chi connectivity index (χ1n) is 5.27. The van der Waals surface area contributed by atoms with E-state index in [0.717, 1.165) is 11.3 Å². The van der Waals surface area contributed by atoms with Gasteiger partial charge in [-0.15, -0.1) is 5.54 Å². The van der Waals surface area contributed by atoms with Gasteiger partial charge in [-0.2, -0.15) is 0 Å². The standard InChI is InChI=1S/C13H18OSi/c1-5-14-13-8-6-7-12(11-13)9-10-15(2,3)4/h6-8,11H,5H2,1-4H3. The van der Waals surface area contributed by atoms with Gasteiger partial charge in [-0.25, -0.2) is 0 Å². The Hall–Kier alpha value is -1.20. The quantitative estimate of drug-likeness (QED) is 0.546. The van der Waals surface area contributed by atoms with Crippen molar-refractivity contribution in [1.82, 2.24) is 0 Å². The van der Waals surface area contributed by atoms with E-state index in [1.165, 1.54) is 0 Å². The molecule has 80 valence electrons. The van der Waals surface area contributed by atoms with Gasteiger partial charge in [0.05, 0.1) is 6.61 Å². The van der Waals surface area contributed by atoms with Gasteiger partial charge in [0.15, 0.2) is 0 Å². The molecule has 0 saturated carbocycles. The van der Waals surface area contributed by atoms with Crippen molar-refractivity contribution in [2.24, 2.45) is 0 Å². The second kappa shape index (κ2) is 5.04. The highest BCUT2D eigenvalue weighted by molar-refractivity contribution is 6.83. The van der Waals surface area contributed by atoms with Gasteiger partial charge >= 0.3 is 0 Å². The fraction of sp³-hybridized carbons (Fsp3) is 0.385. The highest BCUT2D eigenvalue weighted by Crippen LogP contribution is 2.12. The van der Waals surface area contributed by atoms with Gasteiger partial charge in [0.25, 0.3) is 0 Å². The van der Waals surface area contributed by atoms with Crippen LogP contribution in [-0.2, 0) is 0 Å². The molecular formula is C13H18OSi. The van der Waals surface area contributed by atoms with Gasteiger partial charge in [-0.1, -0.05) is 31.6 Å². The Morgan fingerprint density at radius 2 is 2.00 bits per heavy atom. The fourth-order valence-electron chi connectivity index (χ4n) is 1.09. The molecule has 0 saturated heterocycles. The minimum absolute atomic E-state index is 0.699. The van der Waals surface area contributed by atoms with Crippen LogP contribution in [0.15, 0.2) is 24.3 Å². The van der Waals surface area contributed by atoms with E-state index in [9.17, 15) is 0 Å². The van der Waals surface area contributed by atoms with Crippen LogP contribution in [0.2, 0.25) is 19.6 Å². The lowest BCUT2D eigenvalue weighted by molar-refractivity contribution is 0.340. The van der Waals surface area contributed by atoms with Crippen LogP contribution in [0.5, 0.6) is 5.75 Å². The monoisotopic (exact) mass is 218 g/mol. The van der Waals surface area contributed by atoms with Gasteiger partial charge in [0.1, 0.15) is 13.8 Å². The molecular weight excluding hydrogens is 200 g/mol. The molecule has 0 spiro atoms. The molecule has 0 N–H and O–H groups in total. The number of hydrogen-bond donors (Lipinski definition) is 0. The molecule has 0 radical (unpaired) electrons. The van der Waals surface area contributed by atoms with Crippen LogP contribution < -0.4 is 4.74 Å². The maximum Gasteiger partial charge on any atom is 0.129 e. The molecule has 0 amide bonds. The SMILES string of the molecule is CCOc1cccc(C#C[Si](C)(C)C)c1. The van der Waals surface area contributed by atoms with Crippen molar-refractivity contribution in [2.75, 3.05) is 6.61 Å². The first kappa shape index (κ1) is 11.9. The molecule has 0 heterocycles. The van der Waals surface area contributed by atoms with Gasteiger partial charge in [-0.3, -0.25) is 0 Å². The third-order valence-electron chi connectivity index (χ3n) is 1.73. The highest BCUT2D eigenvalue weighted by Gasteiger charge is 2.07. The van der Waals surface area contributed by atoms with Crippen LogP contribution >= 0.6 is 0 Å². The summed E-state index contributed by atoms with van der Waals surface area (Å²) in [5, 5.41) is 0. The van der Waals surface area contributed by atoms with Crippen molar-refractivity contribution in [2.45, 2.75) is 26.6 Å². The number of benzene rings is 1. The first-order valence-corrected chi connectivity index (χ1v) is 8.77. The van der Waals surface area contributed by atoms with Crippen LogP contribution in [0, 0.1) is 11.5 Å². The van der Waals surface area contributed by atoms with Crippen molar-refractivity contribution >= 4 is 8.07 Å². The molecule has 2 heteroatoms. The molecule has 0 bridgehead atoms. The van der Waals surface area contributed by atoms with Crippen LogP contribution in [0.25, 0.3) is 0 Å². The predicted molar refractivity (Wildman–Crippen MR) is 67.8 cm³/mol. The third-order valence-corrected chi connectivity index (χ3v) is 2.60. The van der Waals surface area contributed by atoms with Crippen molar-refractivity contribution in [3.63, 3.8) is 0 Å². The zero-order valence-corrected chi connectivity index (χ0v) is 10.9. The van der Waals surface area contributed by atoms with Crippen LogP contribution in [0.3, 0.4) is 0 Å². The minimum Gasteiger partial charge on any atom is -0.494 e. The average molecular weight is 218 g/mol. The molecule has 0 fully saturated rings. The van der Waals surface area contributed by atoms with Crippen molar-refractivity contribution < 1.29 is 4.74 Å². The van der Waals surface area contributed by atoms with Gasteiger partial charge in [-0.05, 0) is 25.1 Å². The summed E-state index contributed by atoms with van der Waals surface area (Å²) in [6, 6.07) is 7.97. The number of hydrogen-bond acceptors (Lipinski definition) is 1. The molecule has 0 atom stereocenters. The minimum atomic E-state index is -1.28. The third kappa shape index (κ3) is 4.71. The summed E-state index contributed by atoms with van der Waals surface area (Å²) in [6.45, 7) is 9.41. The summed E-state index contributed by atoms with van der Waals surface area (Å²) < 4.78 is 5.42. The van der Waals surface area contributed by atoms with Crippen molar-refractivity contribution in [3.8, 4) is 17.2 Å². The molecule has 0 aliphatic heterocycles. The largest absolute Gasteiger partial charge is 0.494 e. The van der Waals surface area contributed by atoms with Crippen LogP contribution in [0.1, 0.15) is 12.5 Å². The molecule has 1 rings (SSSR count). The molecule has 1 nitrogen and oxygen atoms in total. The summed E-state index contributed by atoms with van der Waals surface area (Å²) in [4.78, 5) is 0. The van der Waals surface area contributed by atoms with Crippen LogP contribution in [0.4, 0.5) is 0 Å².